The van der Waals surface area contributed by atoms with Crippen molar-refractivity contribution in [2.45, 2.75) is 25.3 Å². The molecule has 2 heterocycles. The molecule has 2 N–H and O–H groups in total. The second kappa shape index (κ2) is 4.66. The number of hydrogen-bond acceptors (Lipinski definition) is 5. The molecule has 2 aromatic rings. The van der Waals surface area contributed by atoms with Gasteiger partial charge in [-0.15, -0.1) is 10.2 Å². The summed E-state index contributed by atoms with van der Waals surface area (Å²) in [6.45, 7) is 2.70. The molecule has 1 aromatic heterocycles. The van der Waals surface area contributed by atoms with Crippen molar-refractivity contribution in [3.8, 4) is 5.75 Å². The summed E-state index contributed by atoms with van der Waals surface area (Å²) in [5, 5.41) is 10.4. The van der Waals surface area contributed by atoms with E-state index < -0.39 is 0 Å². The number of para-hydroxylation sites is 1. The first-order valence-electron chi connectivity index (χ1n) is 6.10. The lowest BCUT2D eigenvalue weighted by Gasteiger charge is -2.03. The highest BCUT2D eigenvalue weighted by molar-refractivity contribution is 7.11. The Hall–Kier alpha value is -1.46. The maximum atomic E-state index is 5.98. The van der Waals surface area contributed by atoms with E-state index >= 15 is 0 Å². The first-order valence-corrected chi connectivity index (χ1v) is 6.92. The molecule has 1 aromatic carbocycles. The minimum Gasteiger partial charge on any atom is -0.492 e. The molecule has 1 aliphatic heterocycles. The van der Waals surface area contributed by atoms with Crippen molar-refractivity contribution in [2.75, 3.05) is 6.61 Å². The van der Waals surface area contributed by atoms with Crippen LogP contribution in [0.25, 0.3) is 0 Å². The summed E-state index contributed by atoms with van der Waals surface area (Å²) in [5.41, 5.74) is 7.18. The minimum absolute atomic E-state index is 0.00573. The second-order valence-electron chi connectivity index (χ2n) is 4.39. The summed E-state index contributed by atoms with van der Waals surface area (Å²) in [4.78, 5) is 0. The molecule has 94 valence electrons. The van der Waals surface area contributed by atoms with Crippen LogP contribution in [0.1, 0.15) is 40.9 Å². The molecule has 3 rings (SSSR count). The van der Waals surface area contributed by atoms with Crippen LogP contribution in [0.5, 0.6) is 5.75 Å². The van der Waals surface area contributed by atoms with E-state index in [1.807, 2.05) is 18.2 Å². The lowest BCUT2D eigenvalue weighted by atomic mass is 10.0. The van der Waals surface area contributed by atoms with Gasteiger partial charge in [0, 0.05) is 5.56 Å². The summed E-state index contributed by atoms with van der Waals surface area (Å²) in [6.07, 6.45) is 0.881. The number of ether oxygens (including phenoxy) is 1. The molecule has 1 aliphatic rings. The smallest absolute Gasteiger partial charge is 0.134 e. The Labute approximate surface area is 110 Å². The molecule has 0 radical (unpaired) electrons. The Morgan fingerprint density at radius 3 is 3.11 bits per heavy atom. The molecule has 5 heteroatoms. The van der Waals surface area contributed by atoms with Crippen molar-refractivity contribution < 1.29 is 4.74 Å². The van der Waals surface area contributed by atoms with Gasteiger partial charge in [-0.3, -0.25) is 0 Å². The van der Waals surface area contributed by atoms with Gasteiger partial charge < -0.3 is 10.5 Å². The third kappa shape index (κ3) is 1.89. The van der Waals surface area contributed by atoms with Crippen LogP contribution in [0.15, 0.2) is 24.3 Å². The zero-order chi connectivity index (χ0) is 12.5. The molecule has 4 nitrogen and oxygen atoms in total. The van der Waals surface area contributed by atoms with Crippen molar-refractivity contribution in [3.63, 3.8) is 0 Å². The van der Waals surface area contributed by atoms with Crippen LogP contribution in [0.2, 0.25) is 0 Å². The molecule has 0 amide bonds. The Morgan fingerprint density at radius 2 is 2.28 bits per heavy atom. The number of hydrogen-bond donors (Lipinski definition) is 1. The number of aromatic nitrogens is 2. The van der Waals surface area contributed by atoms with E-state index in [0.717, 1.165) is 22.2 Å². The maximum Gasteiger partial charge on any atom is 0.134 e. The van der Waals surface area contributed by atoms with Crippen LogP contribution in [-0.2, 0) is 0 Å². The number of nitrogens with zero attached hydrogens (tertiary/aromatic N) is 2. The molecule has 2 atom stereocenters. The fourth-order valence-electron chi connectivity index (χ4n) is 2.08. The van der Waals surface area contributed by atoms with E-state index in [1.165, 1.54) is 5.56 Å². The van der Waals surface area contributed by atoms with Gasteiger partial charge in [-0.05, 0) is 12.5 Å². The summed E-state index contributed by atoms with van der Waals surface area (Å²) >= 11 is 1.60. The first-order chi connectivity index (χ1) is 8.79. The topological polar surface area (TPSA) is 61.0 Å². The first kappa shape index (κ1) is 11.6. The van der Waals surface area contributed by atoms with Crippen molar-refractivity contribution in [1.82, 2.24) is 10.2 Å². The Balaban J connectivity index is 1.91. The maximum absolute atomic E-state index is 5.98. The Kier molecular flexibility index (Phi) is 3.01. The lowest BCUT2D eigenvalue weighted by molar-refractivity contribution is 0.342. The average molecular weight is 261 g/mol. The largest absolute Gasteiger partial charge is 0.492 e. The van der Waals surface area contributed by atoms with Crippen LogP contribution < -0.4 is 10.5 Å². The summed E-state index contributed by atoms with van der Waals surface area (Å²) < 4.78 is 5.67. The number of nitrogens with two attached hydrogens (primary N) is 1. The molecular weight excluding hydrogens is 246 g/mol. The van der Waals surface area contributed by atoms with Gasteiger partial charge in [-0.2, -0.15) is 0 Å². The van der Waals surface area contributed by atoms with Gasteiger partial charge in [0.05, 0.1) is 12.0 Å². The van der Waals surface area contributed by atoms with Gasteiger partial charge in [-0.1, -0.05) is 36.5 Å². The minimum atomic E-state index is -0.00573. The lowest BCUT2D eigenvalue weighted by Crippen LogP contribution is -2.07. The average Bonchev–Trinajstić information content (AvgIpc) is 3.03. The van der Waals surface area contributed by atoms with Gasteiger partial charge in [0.2, 0.25) is 0 Å². The highest BCUT2D eigenvalue weighted by Crippen LogP contribution is 2.39. The fourth-order valence-corrected chi connectivity index (χ4v) is 3.11. The molecule has 0 saturated carbocycles. The van der Waals surface area contributed by atoms with Gasteiger partial charge in [0.25, 0.3) is 0 Å². The predicted octanol–water partition coefficient (Wildman–Crippen LogP) is 2.47. The third-order valence-corrected chi connectivity index (χ3v) is 4.38. The Bertz CT molecular complexity index is 555. The zero-order valence-electron chi connectivity index (χ0n) is 10.2. The monoisotopic (exact) mass is 261 g/mol. The summed E-state index contributed by atoms with van der Waals surface area (Å²) in [7, 11) is 0. The summed E-state index contributed by atoms with van der Waals surface area (Å²) in [6, 6.07) is 8.09. The predicted molar refractivity (Wildman–Crippen MR) is 70.9 cm³/mol. The number of rotatable bonds is 3. The molecule has 0 fully saturated rings. The molecule has 2 unspecified atom stereocenters. The highest BCUT2D eigenvalue weighted by Gasteiger charge is 2.28. The molecule has 0 saturated heterocycles. The molecule has 18 heavy (non-hydrogen) atoms. The number of benzene rings is 1. The molecule has 0 aliphatic carbocycles. The van der Waals surface area contributed by atoms with Gasteiger partial charge in [0.1, 0.15) is 22.4 Å². The summed E-state index contributed by atoms with van der Waals surface area (Å²) in [5.74, 6) is 1.16. The SMILES string of the molecule is CCC(N)c1nnc(C2COc3ccccc32)s1. The van der Waals surface area contributed by atoms with Crippen LogP contribution in [0, 0.1) is 0 Å². The number of fused-ring (bicyclic) bond motifs is 1. The van der Waals surface area contributed by atoms with Crippen LogP contribution >= 0.6 is 11.3 Å². The molecule has 0 spiro atoms. The van der Waals surface area contributed by atoms with Gasteiger partial charge in [0.15, 0.2) is 0 Å². The standard InChI is InChI=1S/C13H15N3OS/c1-2-10(14)13-16-15-12(18-13)9-7-17-11-6-4-3-5-8(9)11/h3-6,9-10H,2,7,14H2,1H3. The molecular formula is C13H15N3OS. The van der Waals surface area contributed by atoms with Crippen molar-refractivity contribution in [2.24, 2.45) is 5.73 Å². The fraction of sp³-hybridized carbons (Fsp3) is 0.385. The van der Waals surface area contributed by atoms with Crippen LogP contribution in [-0.4, -0.2) is 16.8 Å². The van der Waals surface area contributed by atoms with Gasteiger partial charge in [-0.25, -0.2) is 0 Å². The van der Waals surface area contributed by atoms with Crippen LogP contribution in [0.3, 0.4) is 0 Å². The third-order valence-electron chi connectivity index (χ3n) is 3.21. The van der Waals surface area contributed by atoms with E-state index in [1.54, 1.807) is 11.3 Å². The van der Waals surface area contributed by atoms with E-state index in [9.17, 15) is 0 Å². The Morgan fingerprint density at radius 1 is 1.44 bits per heavy atom. The van der Waals surface area contributed by atoms with E-state index in [-0.39, 0.29) is 12.0 Å². The van der Waals surface area contributed by atoms with Crippen molar-refractivity contribution in [3.05, 3.63) is 39.8 Å². The highest BCUT2D eigenvalue weighted by atomic mass is 32.1. The zero-order valence-corrected chi connectivity index (χ0v) is 11.0. The van der Waals surface area contributed by atoms with E-state index in [2.05, 4.69) is 23.2 Å². The van der Waals surface area contributed by atoms with Crippen LogP contribution in [0.4, 0.5) is 0 Å². The normalized spacial score (nSPS) is 19.3. The van der Waals surface area contributed by atoms with Crippen molar-refractivity contribution in [1.29, 1.82) is 0 Å². The quantitative estimate of drug-likeness (QED) is 0.922. The van der Waals surface area contributed by atoms with Crippen molar-refractivity contribution >= 4 is 11.3 Å². The second-order valence-corrected chi connectivity index (χ2v) is 5.44. The van der Waals surface area contributed by atoms with E-state index in [0.29, 0.717) is 6.61 Å². The van der Waals surface area contributed by atoms with Gasteiger partial charge >= 0.3 is 0 Å². The molecule has 0 bridgehead atoms. The van der Waals surface area contributed by atoms with E-state index in [4.69, 9.17) is 10.5 Å².